The first-order valence-corrected chi connectivity index (χ1v) is 42.5. The van der Waals surface area contributed by atoms with Crippen LogP contribution < -0.4 is 0 Å². The van der Waals surface area contributed by atoms with Crippen molar-refractivity contribution in [2.24, 2.45) is 0 Å². The lowest BCUT2D eigenvalue weighted by atomic mass is 10.1. The van der Waals surface area contributed by atoms with Gasteiger partial charge in [0.2, 0.25) is 0 Å². The number of esters is 4. The molecule has 17 nitrogen and oxygen atoms in total. The lowest BCUT2D eigenvalue weighted by Crippen LogP contribution is -2.30. The summed E-state index contributed by atoms with van der Waals surface area (Å²) in [5, 5.41) is 10.6. The van der Waals surface area contributed by atoms with Gasteiger partial charge in [0.15, 0.2) is 12.2 Å². The van der Waals surface area contributed by atoms with Crippen molar-refractivity contribution in [1.29, 1.82) is 0 Å². The fourth-order valence-corrected chi connectivity index (χ4v) is 12.0. The van der Waals surface area contributed by atoms with Gasteiger partial charge in [-0.25, -0.2) is 9.13 Å². The fourth-order valence-electron chi connectivity index (χ4n) is 10.4. The van der Waals surface area contributed by atoms with Gasteiger partial charge < -0.3 is 33.8 Å². The lowest BCUT2D eigenvalue weighted by molar-refractivity contribution is -0.161. The van der Waals surface area contributed by atoms with Crippen LogP contribution in [0, 0.1) is 0 Å². The highest BCUT2D eigenvalue weighted by Crippen LogP contribution is 2.45. The summed E-state index contributed by atoms with van der Waals surface area (Å²) < 4.78 is 68.5. The molecule has 0 aliphatic rings. The topological polar surface area (TPSA) is 237 Å². The van der Waals surface area contributed by atoms with E-state index < -0.39 is 97.5 Å². The number of hydrogen-bond donors (Lipinski definition) is 3. The standard InChI is InChI=1S/C81H142O17P2/c1-5-9-13-17-21-25-29-33-37-41-45-49-53-57-61-65-78(83)91-71-76(97-80(85)67-63-59-55-51-47-43-39-35-31-27-23-19-15-11-7-3)73-95-99(87,88)93-69-75(82)70-94-100(89,90)96-74-77(98-81(86)68-64-60-56-52-48-44-40-36-32-28-24-20-16-12-8-4)72-92-79(84)66-62-58-54-50-46-42-38-34-30-26-22-18-14-10-6-2/h21-28,33-40,75-77,82H,5-20,29-32,41-74H2,1-4H3,(H,87,88)(H,89,90)/b25-21-,26-22+,27-23+,28-24+,37-33+,38-34+,39-35+,40-36+/t75?,76-,77-/m1/s1. The second-order valence-electron chi connectivity index (χ2n) is 26.3. The van der Waals surface area contributed by atoms with E-state index >= 15 is 0 Å². The minimum atomic E-state index is -4.98. The van der Waals surface area contributed by atoms with E-state index in [-0.39, 0.29) is 25.7 Å². The van der Waals surface area contributed by atoms with Crippen molar-refractivity contribution in [3.8, 4) is 0 Å². The number of phosphoric acid groups is 2. The average Bonchev–Trinajstić information content (AvgIpc) is 1.01. The number of aliphatic hydroxyl groups excluding tert-OH is 1. The Morgan fingerprint density at radius 2 is 0.490 bits per heavy atom. The molecule has 0 aromatic rings. The summed E-state index contributed by atoms with van der Waals surface area (Å²) >= 11 is 0. The Labute approximate surface area is 607 Å². The molecular weight excluding hydrogens is 1310 g/mol. The molecule has 0 radical (unpaired) electrons. The zero-order chi connectivity index (χ0) is 73.2. The van der Waals surface area contributed by atoms with Gasteiger partial charge in [-0.05, 0) is 154 Å². The summed E-state index contributed by atoms with van der Waals surface area (Å²) in [6, 6.07) is 0. The molecule has 0 bridgehead atoms. The number of hydrogen-bond acceptors (Lipinski definition) is 15. The Balaban J connectivity index is 5.40. The third-order valence-electron chi connectivity index (χ3n) is 16.5. The molecule has 0 heterocycles. The van der Waals surface area contributed by atoms with Gasteiger partial charge in [0.05, 0.1) is 26.4 Å². The van der Waals surface area contributed by atoms with E-state index in [4.69, 9.17) is 37.0 Å². The number of carbonyl (C=O) groups excluding carboxylic acids is 4. The molecule has 0 amide bonds. The number of ether oxygens (including phenoxy) is 4. The van der Waals surface area contributed by atoms with Crippen molar-refractivity contribution in [3.05, 3.63) is 97.2 Å². The molecule has 5 atom stereocenters. The maximum atomic E-state index is 13.1. The van der Waals surface area contributed by atoms with Crippen LogP contribution >= 0.6 is 15.6 Å². The highest BCUT2D eigenvalue weighted by atomic mass is 31.2. The molecule has 0 saturated carbocycles. The molecule has 0 aliphatic heterocycles. The van der Waals surface area contributed by atoms with Crippen molar-refractivity contribution in [1.82, 2.24) is 0 Å². The summed E-state index contributed by atoms with van der Waals surface area (Å²) in [7, 11) is -9.97. The number of carbonyl (C=O) groups is 4. The number of rotatable bonds is 74. The lowest BCUT2D eigenvalue weighted by Gasteiger charge is -2.21. The van der Waals surface area contributed by atoms with Crippen molar-refractivity contribution >= 4 is 39.5 Å². The quantitative estimate of drug-likeness (QED) is 0.0169. The molecular formula is C81H142O17P2. The van der Waals surface area contributed by atoms with E-state index in [2.05, 4.69) is 125 Å². The average molecular weight is 1450 g/mol. The SMILES string of the molecule is CCCCC/C=C\C/C=C/CCCCCCCC(=O)OC[C@H](COP(=O)(O)OCC(O)COP(=O)(O)OC[C@@H](COC(=O)CCCCCCC/C=C/C/C=C/CCCCC)OC(=O)CCCCCCC/C=C/C/C=C/CCCCC)OC(=O)CCCCCCC/C=C/C/C=C/CCCCC. The van der Waals surface area contributed by atoms with E-state index in [1.165, 1.54) is 77.0 Å². The summed E-state index contributed by atoms with van der Waals surface area (Å²) in [6.07, 6.45) is 76.6. The second kappa shape index (κ2) is 73.3. The normalized spacial score (nSPS) is 14.4. The Kier molecular flexibility index (Phi) is 70.4. The molecule has 0 aromatic heterocycles. The molecule has 0 spiro atoms. The number of phosphoric ester groups is 2. The summed E-state index contributed by atoms with van der Waals surface area (Å²) in [4.78, 5) is 72.9. The van der Waals surface area contributed by atoms with E-state index in [0.717, 1.165) is 180 Å². The fraction of sp³-hybridized carbons (Fsp3) is 0.753. The van der Waals surface area contributed by atoms with Gasteiger partial charge in [-0.1, -0.05) is 253 Å². The summed E-state index contributed by atoms with van der Waals surface area (Å²) in [5.41, 5.74) is 0. The third kappa shape index (κ3) is 72.3. The van der Waals surface area contributed by atoms with Crippen LogP contribution in [0.5, 0.6) is 0 Å². The van der Waals surface area contributed by atoms with Crippen molar-refractivity contribution in [2.45, 2.75) is 354 Å². The molecule has 3 N–H and O–H groups in total. The van der Waals surface area contributed by atoms with Crippen molar-refractivity contribution < 1.29 is 80.2 Å². The molecule has 578 valence electrons. The Morgan fingerprint density at radius 1 is 0.280 bits per heavy atom. The van der Waals surface area contributed by atoms with E-state index in [9.17, 15) is 43.2 Å². The molecule has 0 fully saturated rings. The molecule has 0 aliphatic carbocycles. The largest absolute Gasteiger partial charge is 0.472 e. The van der Waals surface area contributed by atoms with Crippen LogP contribution in [0.25, 0.3) is 0 Å². The Bertz CT molecular complexity index is 2120. The van der Waals surface area contributed by atoms with E-state index in [1.54, 1.807) is 0 Å². The van der Waals surface area contributed by atoms with Crippen molar-refractivity contribution in [3.63, 3.8) is 0 Å². The second-order valence-corrected chi connectivity index (χ2v) is 29.2. The predicted octanol–water partition coefficient (Wildman–Crippen LogP) is 22.8. The van der Waals surface area contributed by atoms with Crippen LogP contribution in [0.1, 0.15) is 336 Å². The molecule has 3 unspecified atom stereocenters. The minimum absolute atomic E-state index is 0.0756. The van der Waals surface area contributed by atoms with Crippen LogP contribution in [0.4, 0.5) is 0 Å². The molecule has 0 saturated heterocycles. The minimum Gasteiger partial charge on any atom is -0.462 e. The summed E-state index contributed by atoms with van der Waals surface area (Å²) in [5.74, 6) is -2.22. The maximum absolute atomic E-state index is 13.1. The van der Waals surface area contributed by atoms with Gasteiger partial charge in [0.25, 0.3) is 0 Å². The zero-order valence-electron chi connectivity index (χ0n) is 63.1. The smallest absolute Gasteiger partial charge is 0.462 e. The van der Waals surface area contributed by atoms with Crippen LogP contribution in [-0.4, -0.2) is 96.7 Å². The first-order valence-electron chi connectivity index (χ1n) is 39.5. The molecule has 0 aromatic carbocycles. The van der Waals surface area contributed by atoms with Crippen LogP contribution in [0.15, 0.2) is 97.2 Å². The first-order chi connectivity index (χ1) is 48.7. The number of allylic oxidation sites excluding steroid dienone is 16. The summed E-state index contributed by atoms with van der Waals surface area (Å²) in [6.45, 7) is 4.74. The molecule has 100 heavy (non-hydrogen) atoms. The molecule has 19 heteroatoms. The predicted molar refractivity (Wildman–Crippen MR) is 409 cm³/mol. The third-order valence-corrected chi connectivity index (χ3v) is 18.4. The van der Waals surface area contributed by atoms with Gasteiger partial charge >= 0.3 is 39.5 Å². The van der Waals surface area contributed by atoms with Gasteiger partial charge in [0.1, 0.15) is 19.3 Å². The van der Waals surface area contributed by atoms with Gasteiger partial charge in [-0.2, -0.15) is 0 Å². The number of unbranched alkanes of at least 4 members (excludes halogenated alkanes) is 32. The van der Waals surface area contributed by atoms with Gasteiger partial charge in [0, 0.05) is 25.7 Å². The highest BCUT2D eigenvalue weighted by Gasteiger charge is 2.30. The van der Waals surface area contributed by atoms with Gasteiger partial charge in [-0.3, -0.25) is 37.3 Å². The van der Waals surface area contributed by atoms with E-state index in [0.29, 0.717) is 25.7 Å². The Morgan fingerprint density at radius 3 is 0.740 bits per heavy atom. The van der Waals surface area contributed by atoms with Crippen LogP contribution in [0.2, 0.25) is 0 Å². The van der Waals surface area contributed by atoms with Crippen LogP contribution in [0.3, 0.4) is 0 Å². The molecule has 0 rings (SSSR count). The van der Waals surface area contributed by atoms with E-state index in [1.807, 2.05) is 0 Å². The zero-order valence-corrected chi connectivity index (χ0v) is 64.9. The Hall–Kier alpha value is -4.02. The number of aliphatic hydroxyl groups is 1. The van der Waals surface area contributed by atoms with Gasteiger partial charge in [-0.15, -0.1) is 0 Å². The highest BCUT2D eigenvalue weighted by molar-refractivity contribution is 7.47. The van der Waals surface area contributed by atoms with Crippen molar-refractivity contribution in [2.75, 3.05) is 39.6 Å². The van der Waals surface area contributed by atoms with Crippen LogP contribution in [-0.2, 0) is 65.4 Å². The maximum Gasteiger partial charge on any atom is 0.472 e. The monoisotopic (exact) mass is 1450 g/mol. The first kappa shape index (κ1) is 96.0.